The van der Waals surface area contributed by atoms with E-state index < -0.39 is 5.60 Å². The van der Waals surface area contributed by atoms with Crippen LogP contribution in [0.5, 0.6) is 0 Å². The fourth-order valence-corrected chi connectivity index (χ4v) is 2.75. The molecule has 2 bridgehead atoms. The lowest BCUT2D eigenvalue weighted by Crippen LogP contribution is -2.45. The van der Waals surface area contributed by atoms with Gasteiger partial charge < -0.3 is 4.74 Å². The van der Waals surface area contributed by atoms with Crippen LogP contribution in [0, 0.1) is 0 Å². The van der Waals surface area contributed by atoms with Crippen molar-refractivity contribution in [2.75, 3.05) is 0 Å². The summed E-state index contributed by atoms with van der Waals surface area (Å²) in [4.78, 5) is 25.7. The van der Waals surface area contributed by atoms with Crippen molar-refractivity contribution in [2.45, 2.75) is 70.6 Å². The minimum atomic E-state index is -0.494. The lowest BCUT2D eigenvalue weighted by molar-refractivity contribution is -0.123. The first-order valence-electron chi connectivity index (χ1n) is 6.42. The Morgan fingerprint density at radius 1 is 1.29 bits per heavy atom. The van der Waals surface area contributed by atoms with Crippen molar-refractivity contribution < 1.29 is 14.3 Å². The highest BCUT2D eigenvalue weighted by molar-refractivity contribution is 5.88. The molecule has 2 rings (SSSR count). The first-order valence-corrected chi connectivity index (χ1v) is 6.42. The Kier molecular flexibility index (Phi) is 3.15. The Morgan fingerprint density at radius 2 is 2.00 bits per heavy atom. The van der Waals surface area contributed by atoms with Crippen molar-refractivity contribution in [3.8, 4) is 0 Å². The molecule has 2 aliphatic rings. The highest BCUT2D eigenvalue weighted by Crippen LogP contribution is 2.33. The molecule has 96 valence electrons. The van der Waals surface area contributed by atoms with E-state index in [-0.39, 0.29) is 24.0 Å². The minimum absolute atomic E-state index is 0.204. The number of hydrogen-bond acceptors (Lipinski definition) is 3. The Bertz CT molecular complexity index is 332. The molecule has 1 amide bonds. The molecular formula is C13H21NO3. The number of Topliss-reactive ketones (excluding diaryl/α,β-unsaturated/α-hetero) is 1. The number of fused-ring (bicyclic) bond motifs is 2. The fourth-order valence-electron chi connectivity index (χ4n) is 2.75. The fraction of sp³-hybridized carbons (Fsp3) is 0.846. The molecule has 0 spiro atoms. The average molecular weight is 239 g/mol. The molecule has 0 saturated carbocycles. The van der Waals surface area contributed by atoms with Crippen LogP contribution in [0.3, 0.4) is 0 Å². The average Bonchev–Trinajstić information content (AvgIpc) is 2.50. The second kappa shape index (κ2) is 4.31. The lowest BCUT2D eigenvalue weighted by Gasteiger charge is -2.30. The van der Waals surface area contributed by atoms with Gasteiger partial charge in [-0.2, -0.15) is 0 Å². The Morgan fingerprint density at radius 3 is 2.65 bits per heavy atom. The zero-order valence-corrected chi connectivity index (χ0v) is 10.9. The zero-order chi connectivity index (χ0) is 12.6. The molecule has 0 radical (unpaired) electrons. The zero-order valence-electron chi connectivity index (χ0n) is 10.9. The van der Waals surface area contributed by atoms with Gasteiger partial charge in [-0.25, -0.2) is 4.79 Å². The maximum Gasteiger partial charge on any atom is 0.411 e. The third-order valence-corrected chi connectivity index (χ3v) is 3.44. The minimum Gasteiger partial charge on any atom is -0.444 e. The SMILES string of the molecule is CC(C)(C)OC(=O)N1[C@H]2CCCC(=O)[C@H]1CC2. The van der Waals surface area contributed by atoms with Gasteiger partial charge >= 0.3 is 6.09 Å². The van der Waals surface area contributed by atoms with E-state index in [0.29, 0.717) is 6.42 Å². The molecule has 0 aromatic rings. The molecule has 2 saturated heterocycles. The van der Waals surface area contributed by atoms with Gasteiger partial charge in [0, 0.05) is 12.5 Å². The van der Waals surface area contributed by atoms with Crippen molar-refractivity contribution in [1.29, 1.82) is 0 Å². The number of carbonyl (C=O) groups is 2. The second-order valence-corrected chi connectivity index (χ2v) is 5.99. The lowest BCUT2D eigenvalue weighted by atomic mass is 10.0. The number of ether oxygens (including phenoxy) is 1. The summed E-state index contributed by atoms with van der Waals surface area (Å²) < 4.78 is 5.40. The number of rotatable bonds is 0. The molecule has 2 atom stereocenters. The van der Waals surface area contributed by atoms with Crippen molar-refractivity contribution in [3.05, 3.63) is 0 Å². The molecule has 2 fully saturated rings. The number of amides is 1. The van der Waals surface area contributed by atoms with Crippen LogP contribution < -0.4 is 0 Å². The summed E-state index contributed by atoms with van der Waals surface area (Å²) in [5.41, 5.74) is -0.494. The molecule has 17 heavy (non-hydrogen) atoms. The first kappa shape index (κ1) is 12.4. The van der Waals surface area contributed by atoms with Crippen LogP contribution in [-0.4, -0.2) is 34.5 Å². The monoisotopic (exact) mass is 239 g/mol. The second-order valence-electron chi connectivity index (χ2n) is 5.99. The van der Waals surface area contributed by atoms with Gasteiger partial charge in [-0.1, -0.05) is 0 Å². The summed E-state index contributed by atoms with van der Waals surface area (Å²) in [5, 5.41) is 0. The summed E-state index contributed by atoms with van der Waals surface area (Å²) in [6.07, 6.45) is 3.87. The molecule has 0 aromatic carbocycles. The summed E-state index contributed by atoms with van der Waals surface area (Å²) in [6.45, 7) is 5.56. The number of carbonyl (C=O) groups excluding carboxylic acids is 2. The topological polar surface area (TPSA) is 46.6 Å². The van der Waals surface area contributed by atoms with Crippen LogP contribution in [0.1, 0.15) is 52.9 Å². The van der Waals surface area contributed by atoms with Crippen LogP contribution >= 0.6 is 0 Å². The van der Waals surface area contributed by atoms with Crippen LogP contribution in [0.15, 0.2) is 0 Å². The Hall–Kier alpha value is -1.06. The van der Waals surface area contributed by atoms with Gasteiger partial charge in [0.15, 0.2) is 5.78 Å². The van der Waals surface area contributed by atoms with E-state index >= 15 is 0 Å². The number of ketones is 1. The largest absolute Gasteiger partial charge is 0.444 e. The van der Waals surface area contributed by atoms with Crippen molar-refractivity contribution >= 4 is 11.9 Å². The van der Waals surface area contributed by atoms with E-state index in [1.807, 2.05) is 20.8 Å². The van der Waals surface area contributed by atoms with Crippen LogP contribution in [0.2, 0.25) is 0 Å². The molecular weight excluding hydrogens is 218 g/mol. The van der Waals surface area contributed by atoms with Gasteiger partial charge in [-0.15, -0.1) is 0 Å². The molecule has 0 aliphatic carbocycles. The Balaban J connectivity index is 2.13. The number of nitrogens with zero attached hydrogens (tertiary/aromatic N) is 1. The van der Waals surface area contributed by atoms with Gasteiger partial charge in [0.25, 0.3) is 0 Å². The van der Waals surface area contributed by atoms with Gasteiger partial charge in [0.1, 0.15) is 5.60 Å². The highest BCUT2D eigenvalue weighted by Gasteiger charge is 2.43. The van der Waals surface area contributed by atoms with E-state index in [1.165, 1.54) is 0 Å². The molecule has 4 nitrogen and oxygen atoms in total. The maximum absolute atomic E-state index is 12.1. The van der Waals surface area contributed by atoms with Crippen LogP contribution in [0.4, 0.5) is 4.79 Å². The van der Waals surface area contributed by atoms with Crippen LogP contribution in [0.25, 0.3) is 0 Å². The quantitative estimate of drug-likeness (QED) is 0.652. The van der Waals surface area contributed by atoms with E-state index in [9.17, 15) is 9.59 Å². The van der Waals surface area contributed by atoms with E-state index in [4.69, 9.17) is 4.74 Å². The third kappa shape index (κ3) is 2.61. The van der Waals surface area contributed by atoms with E-state index in [2.05, 4.69) is 0 Å². The molecule has 0 unspecified atom stereocenters. The van der Waals surface area contributed by atoms with Gasteiger partial charge in [0.05, 0.1) is 6.04 Å². The summed E-state index contributed by atoms with van der Waals surface area (Å²) in [5.74, 6) is 0.204. The predicted octanol–water partition coefficient (Wildman–Crippen LogP) is 2.51. The van der Waals surface area contributed by atoms with E-state index in [1.54, 1.807) is 4.90 Å². The first-order chi connectivity index (χ1) is 7.88. The van der Waals surface area contributed by atoms with Crippen LogP contribution in [-0.2, 0) is 9.53 Å². The Labute approximate surface area is 102 Å². The predicted molar refractivity (Wildman–Crippen MR) is 63.7 cm³/mol. The molecule has 2 aliphatic heterocycles. The summed E-state index contributed by atoms with van der Waals surface area (Å²) >= 11 is 0. The molecule has 2 heterocycles. The smallest absolute Gasteiger partial charge is 0.411 e. The third-order valence-electron chi connectivity index (χ3n) is 3.44. The normalized spacial score (nSPS) is 29.1. The van der Waals surface area contributed by atoms with E-state index in [0.717, 1.165) is 25.7 Å². The van der Waals surface area contributed by atoms with Gasteiger partial charge in [-0.05, 0) is 46.5 Å². The van der Waals surface area contributed by atoms with Gasteiger partial charge in [-0.3, -0.25) is 9.69 Å². The van der Waals surface area contributed by atoms with Gasteiger partial charge in [0.2, 0.25) is 0 Å². The van der Waals surface area contributed by atoms with Crippen molar-refractivity contribution in [1.82, 2.24) is 4.90 Å². The molecule has 0 aromatic heterocycles. The summed E-state index contributed by atoms with van der Waals surface area (Å²) in [7, 11) is 0. The summed E-state index contributed by atoms with van der Waals surface area (Å²) in [6, 6.07) is -0.0151. The van der Waals surface area contributed by atoms with Crippen molar-refractivity contribution in [2.24, 2.45) is 0 Å². The molecule has 4 heteroatoms. The maximum atomic E-state index is 12.1. The highest BCUT2D eigenvalue weighted by atomic mass is 16.6. The number of hydrogen-bond donors (Lipinski definition) is 0. The van der Waals surface area contributed by atoms with Crippen molar-refractivity contribution in [3.63, 3.8) is 0 Å². The standard InChI is InChI=1S/C13H21NO3/c1-13(2,3)17-12(16)14-9-5-4-6-11(15)10(14)8-7-9/h9-10H,4-8H2,1-3H3/t9-,10+/m0/s1. The molecule has 0 N–H and O–H groups in total.